The smallest absolute Gasteiger partial charge is 0.228 e. The van der Waals surface area contributed by atoms with Crippen LogP contribution in [0, 0.1) is 5.92 Å². The molecule has 0 aromatic heterocycles. The molecule has 112 valence electrons. The number of carbonyl (C=O) groups excluding carboxylic acids is 1. The van der Waals surface area contributed by atoms with Crippen molar-refractivity contribution in [2.45, 2.75) is 26.7 Å². The number of carbonyl (C=O) groups is 1. The predicted octanol–water partition coefficient (Wildman–Crippen LogP) is 3.81. The van der Waals surface area contributed by atoms with Crippen LogP contribution in [0.3, 0.4) is 0 Å². The summed E-state index contributed by atoms with van der Waals surface area (Å²) in [7, 11) is 0. The molecule has 3 N–H and O–H groups in total. The molecule has 0 aliphatic heterocycles. The van der Waals surface area contributed by atoms with Gasteiger partial charge in [0.25, 0.3) is 0 Å². The highest BCUT2D eigenvalue weighted by Gasteiger charge is 2.19. The van der Waals surface area contributed by atoms with Crippen LogP contribution >= 0.6 is 27.5 Å². The first-order valence-corrected chi connectivity index (χ1v) is 7.83. The summed E-state index contributed by atoms with van der Waals surface area (Å²) in [5.74, 6) is 0.272. The summed E-state index contributed by atoms with van der Waals surface area (Å²) >= 11 is 9.41. The Morgan fingerprint density at radius 2 is 2.20 bits per heavy atom. The van der Waals surface area contributed by atoms with E-state index in [1.54, 1.807) is 12.1 Å². The molecular formula is C14H20BrClN2O2. The third-order valence-electron chi connectivity index (χ3n) is 2.85. The first-order valence-electron chi connectivity index (χ1n) is 6.66. The number of nitrogens with two attached hydrogens (primary N) is 1. The van der Waals surface area contributed by atoms with Crippen LogP contribution in [-0.2, 0) is 4.79 Å². The maximum absolute atomic E-state index is 12.2. The van der Waals surface area contributed by atoms with Gasteiger partial charge in [0.2, 0.25) is 5.91 Å². The van der Waals surface area contributed by atoms with Crippen molar-refractivity contribution in [2.24, 2.45) is 11.7 Å². The monoisotopic (exact) mass is 362 g/mol. The molecule has 1 atom stereocenters. The van der Waals surface area contributed by atoms with Crippen LogP contribution in [0.5, 0.6) is 5.75 Å². The van der Waals surface area contributed by atoms with E-state index < -0.39 is 0 Å². The van der Waals surface area contributed by atoms with Gasteiger partial charge in [0, 0.05) is 11.6 Å². The van der Waals surface area contributed by atoms with Crippen molar-refractivity contribution in [1.82, 2.24) is 0 Å². The Hall–Kier alpha value is -0.780. The number of halogens is 2. The first-order chi connectivity index (χ1) is 9.53. The molecule has 0 aliphatic carbocycles. The normalized spacial score (nSPS) is 12.1. The van der Waals surface area contributed by atoms with Crippen LogP contribution in [0.4, 0.5) is 5.69 Å². The van der Waals surface area contributed by atoms with Crippen molar-refractivity contribution in [3.05, 3.63) is 21.6 Å². The lowest BCUT2D eigenvalue weighted by Gasteiger charge is -2.17. The Morgan fingerprint density at radius 3 is 2.75 bits per heavy atom. The van der Waals surface area contributed by atoms with Gasteiger partial charge in [0.05, 0.1) is 22.7 Å². The molecule has 1 unspecified atom stereocenters. The lowest BCUT2D eigenvalue weighted by molar-refractivity contribution is -0.119. The molecule has 6 heteroatoms. The average molecular weight is 364 g/mol. The molecule has 1 amide bonds. The maximum atomic E-state index is 12.2. The fourth-order valence-corrected chi connectivity index (χ4v) is 2.81. The summed E-state index contributed by atoms with van der Waals surface area (Å²) in [6.45, 7) is 4.73. The Bertz CT molecular complexity index is 469. The molecule has 0 bridgehead atoms. The van der Waals surface area contributed by atoms with Gasteiger partial charge < -0.3 is 15.8 Å². The molecule has 0 heterocycles. The van der Waals surface area contributed by atoms with Gasteiger partial charge in [-0.05, 0) is 41.4 Å². The van der Waals surface area contributed by atoms with Crippen LogP contribution in [-0.4, -0.2) is 19.1 Å². The Balaban J connectivity index is 2.98. The molecular weight excluding hydrogens is 344 g/mol. The second-order valence-electron chi connectivity index (χ2n) is 4.41. The van der Waals surface area contributed by atoms with Crippen molar-refractivity contribution in [3.63, 3.8) is 0 Å². The number of hydrogen-bond donors (Lipinski definition) is 2. The van der Waals surface area contributed by atoms with E-state index in [1.807, 2.05) is 13.8 Å². The molecule has 0 radical (unpaired) electrons. The van der Waals surface area contributed by atoms with Crippen LogP contribution in [0.1, 0.15) is 26.7 Å². The molecule has 0 aliphatic rings. The third kappa shape index (κ3) is 4.65. The fourth-order valence-electron chi connectivity index (χ4n) is 1.88. The van der Waals surface area contributed by atoms with E-state index in [2.05, 4.69) is 21.2 Å². The number of nitrogens with one attached hydrogen (secondary N) is 1. The summed E-state index contributed by atoms with van der Waals surface area (Å²) in [5.41, 5.74) is 6.20. The van der Waals surface area contributed by atoms with Crippen LogP contribution in [0.2, 0.25) is 5.02 Å². The summed E-state index contributed by atoms with van der Waals surface area (Å²) in [6, 6.07) is 3.41. The van der Waals surface area contributed by atoms with Gasteiger partial charge in [-0.1, -0.05) is 24.9 Å². The van der Waals surface area contributed by atoms with E-state index in [9.17, 15) is 4.79 Å². The minimum absolute atomic E-state index is 0.107. The SMILES string of the molecule is CCCC(CN)C(=O)Nc1cc(Cl)cc(Br)c1OCC. The fraction of sp³-hybridized carbons (Fsp3) is 0.500. The molecule has 1 aromatic rings. The quantitative estimate of drug-likeness (QED) is 0.774. The molecule has 20 heavy (non-hydrogen) atoms. The number of anilines is 1. The van der Waals surface area contributed by atoms with E-state index in [-0.39, 0.29) is 11.8 Å². The third-order valence-corrected chi connectivity index (χ3v) is 3.65. The van der Waals surface area contributed by atoms with Gasteiger partial charge >= 0.3 is 0 Å². The van der Waals surface area contributed by atoms with Gasteiger partial charge in [0.1, 0.15) is 0 Å². The van der Waals surface area contributed by atoms with Crippen molar-refractivity contribution < 1.29 is 9.53 Å². The number of hydrogen-bond acceptors (Lipinski definition) is 3. The highest BCUT2D eigenvalue weighted by Crippen LogP contribution is 2.36. The van der Waals surface area contributed by atoms with Gasteiger partial charge in [0.15, 0.2) is 5.75 Å². The van der Waals surface area contributed by atoms with Crippen molar-refractivity contribution in [2.75, 3.05) is 18.5 Å². The number of benzene rings is 1. The zero-order chi connectivity index (χ0) is 15.1. The van der Waals surface area contributed by atoms with E-state index in [0.717, 1.165) is 12.8 Å². The standard InChI is InChI=1S/C14H20BrClN2O2/c1-3-5-9(8-17)14(19)18-12-7-10(16)6-11(15)13(12)20-4-2/h6-7,9H,3-5,8,17H2,1-2H3,(H,18,19). The Morgan fingerprint density at radius 1 is 1.50 bits per heavy atom. The molecule has 0 saturated heterocycles. The van der Waals surface area contributed by atoms with Crippen LogP contribution in [0.25, 0.3) is 0 Å². The summed E-state index contributed by atoms with van der Waals surface area (Å²) in [5, 5.41) is 3.38. The zero-order valence-corrected chi connectivity index (χ0v) is 14.1. The number of rotatable bonds is 7. The first kappa shape index (κ1) is 17.3. The minimum atomic E-state index is -0.202. The highest BCUT2D eigenvalue weighted by molar-refractivity contribution is 9.10. The minimum Gasteiger partial charge on any atom is -0.491 e. The van der Waals surface area contributed by atoms with Crippen molar-refractivity contribution in [3.8, 4) is 5.75 Å². The van der Waals surface area contributed by atoms with Gasteiger partial charge in [-0.2, -0.15) is 0 Å². The Kier molecular flexibility index (Phi) is 7.34. The van der Waals surface area contributed by atoms with Crippen LogP contribution < -0.4 is 15.8 Å². The Labute approximate surface area is 133 Å². The van der Waals surface area contributed by atoms with Gasteiger partial charge in [-0.3, -0.25) is 4.79 Å². The summed E-state index contributed by atoms with van der Waals surface area (Å²) < 4.78 is 6.26. The topological polar surface area (TPSA) is 64.4 Å². The highest BCUT2D eigenvalue weighted by atomic mass is 79.9. The lowest BCUT2D eigenvalue weighted by Crippen LogP contribution is -2.29. The molecule has 4 nitrogen and oxygen atoms in total. The molecule has 0 spiro atoms. The van der Waals surface area contributed by atoms with Crippen molar-refractivity contribution >= 4 is 39.1 Å². The zero-order valence-electron chi connectivity index (χ0n) is 11.7. The largest absolute Gasteiger partial charge is 0.491 e. The lowest BCUT2D eigenvalue weighted by atomic mass is 10.0. The molecule has 0 fully saturated rings. The van der Waals surface area contributed by atoms with E-state index in [1.165, 1.54) is 0 Å². The second kappa shape index (κ2) is 8.49. The second-order valence-corrected chi connectivity index (χ2v) is 5.70. The maximum Gasteiger partial charge on any atom is 0.228 e. The molecule has 0 saturated carbocycles. The molecule has 1 aromatic carbocycles. The van der Waals surface area contributed by atoms with E-state index in [4.69, 9.17) is 22.1 Å². The predicted molar refractivity (Wildman–Crippen MR) is 86.4 cm³/mol. The average Bonchev–Trinajstić information content (AvgIpc) is 2.39. The van der Waals surface area contributed by atoms with Crippen LogP contribution in [0.15, 0.2) is 16.6 Å². The number of ether oxygens (including phenoxy) is 1. The van der Waals surface area contributed by atoms with Gasteiger partial charge in [-0.15, -0.1) is 0 Å². The van der Waals surface area contributed by atoms with E-state index in [0.29, 0.717) is 34.1 Å². The van der Waals surface area contributed by atoms with Gasteiger partial charge in [-0.25, -0.2) is 0 Å². The summed E-state index contributed by atoms with van der Waals surface area (Å²) in [6.07, 6.45) is 1.67. The summed E-state index contributed by atoms with van der Waals surface area (Å²) in [4.78, 5) is 12.2. The van der Waals surface area contributed by atoms with E-state index >= 15 is 0 Å². The van der Waals surface area contributed by atoms with Crippen molar-refractivity contribution in [1.29, 1.82) is 0 Å². The molecule has 1 rings (SSSR count). The number of amides is 1.